The molecule has 0 saturated heterocycles. The van der Waals surface area contributed by atoms with E-state index in [2.05, 4.69) is 43.0 Å². The molecular formula is C16H26N2O. The van der Waals surface area contributed by atoms with Gasteiger partial charge in [-0.05, 0) is 30.0 Å². The lowest BCUT2D eigenvalue weighted by atomic mass is 9.77. The Morgan fingerprint density at radius 1 is 1.32 bits per heavy atom. The predicted octanol–water partition coefficient (Wildman–Crippen LogP) is 2.53. The third kappa shape index (κ3) is 2.99. The molecule has 19 heavy (non-hydrogen) atoms. The Balaban J connectivity index is 2.20. The van der Waals surface area contributed by atoms with E-state index in [4.69, 9.17) is 10.5 Å². The highest BCUT2D eigenvalue weighted by Crippen LogP contribution is 2.38. The average molecular weight is 262 g/mol. The normalized spacial score (nSPS) is 26.5. The first-order chi connectivity index (χ1) is 9.19. The minimum Gasteiger partial charge on any atom is -0.383 e. The van der Waals surface area contributed by atoms with E-state index in [-0.39, 0.29) is 6.04 Å². The molecule has 1 aromatic rings. The number of hydrogen-bond donors (Lipinski definition) is 1. The van der Waals surface area contributed by atoms with Crippen molar-refractivity contribution in [1.29, 1.82) is 0 Å². The van der Waals surface area contributed by atoms with Crippen LogP contribution in [0.3, 0.4) is 0 Å². The van der Waals surface area contributed by atoms with Crippen molar-refractivity contribution in [3.05, 3.63) is 35.4 Å². The maximum atomic E-state index is 6.52. The number of ether oxygens (including phenoxy) is 1. The number of methoxy groups -OCH3 is 1. The smallest absolute Gasteiger partial charge is 0.0589 e. The van der Waals surface area contributed by atoms with Gasteiger partial charge < -0.3 is 10.5 Å². The van der Waals surface area contributed by atoms with Crippen molar-refractivity contribution in [2.75, 3.05) is 26.8 Å². The lowest BCUT2D eigenvalue weighted by Crippen LogP contribution is -2.47. The van der Waals surface area contributed by atoms with Crippen LogP contribution < -0.4 is 5.73 Å². The van der Waals surface area contributed by atoms with Crippen LogP contribution in [0.25, 0.3) is 0 Å². The summed E-state index contributed by atoms with van der Waals surface area (Å²) in [6.45, 7) is 7.26. The standard InChI is InChI=1S/C16H26N2O/c1-4-18(9-10-19-3)15-11-12(2)13-7-5-6-8-14(13)16(15)17/h5-8,12,15-16H,4,9-11,17H2,1-3H3. The fourth-order valence-electron chi connectivity index (χ4n) is 3.25. The van der Waals surface area contributed by atoms with Gasteiger partial charge in [0.25, 0.3) is 0 Å². The summed E-state index contributed by atoms with van der Waals surface area (Å²) in [4.78, 5) is 2.46. The molecule has 0 aromatic heterocycles. The maximum absolute atomic E-state index is 6.52. The summed E-state index contributed by atoms with van der Waals surface area (Å²) in [6, 6.07) is 9.16. The van der Waals surface area contributed by atoms with E-state index in [1.54, 1.807) is 7.11 Å². The Morgan fingerprint density at radius 3 is 2.63 bits per heavy atom. The van der Waals surface area contributed by atoms with Crippen LogP contribution in [0.15, 0.2) is 24.3 Å². The SMILES string of the molecule is CCN(CCOC)C1CC(C)c2ccccc2C1N. The molecule has 0 heterocycles. The third-order valence-corrected chi connectivity index (χ3v) is 4.35. The van der Waals surface area contributed by atoms with Gasteiger partial charge in [0.2, 0.25) is 0 Å². The highest BCUT2D eigenvalue weighted by Gasteiger charge is 2.33. The number of nitrogens with two attached hydrogens (primary N) is 1. The van der Waals surface area contributed by atoms with Crippen LogP contribution in [-0.4, -0.2) is 37.7 Å². The van der Waals surface area contributed by atoms with Crippen molar-refractivity contribution in [2.24, 2.45) is 5.73 Å². The van der Waals surface area contributed by atoms with Gasteiger partial charge in [0.1, 0.15) is 0 Å². The highest BCUT2D eigenvalue weighted by molar-refractivity contribution is 5.36. The summed E-state index contributed by atoms with van der Waals surface area (Å²) in [5.41, 5.74) is 9.26. The molecule has 3 nitrogen and oxygen atoms in total. The van der Waals surface area contributed by atoms with Crippen molar-refractivity contribution < 1.29 is 4.74 Å². The van der Waals surface area contributed by atoms with Gasteiger partial charge in [-0.15, -0.1) is 0 Å². The molecule has 0 spiro atoms. The van der Waals surface area contributed by atoms with Crippen molar-refractivity contribution in [2.45, 2.75) is 38.3 Å². The molecule has 2 rings (SSSR count). The summed E-state index contributed by atoms with van der Waals surface area (Å²) in [6.07, 6.45) is 1.13. The molecule has 0 aliphatic heterocycles. The first kappa shape index (κ1) is 14.5. The van der Waals surface area contributed by atoms with Crippen LogP contribution in [0.4, 0.5) is 0 Å². The Labute approximate surface area is 116 Å². The minimum atomic E-state index is 0.115. The monoisotopic (exact) mass is 262 g/mol. The zero-order valence-corrected chi connectivity index (χ0v) is 12.3. The van der Waals surface area contributed by atoms with E-state index in [9.17, 15) is 0 Å². The van der Waals surface area contributed by atoms with E-state index >= 15 is 0 Å². The molecule has 0 radical (unpaired) electrons. The highest BCUT2D eigenvalue weighted by atomic mass is 16.5. The molecule has 1 aliphatic rings. The lowest BCUT2D eigenvalue weighted by Gasteiger charge is -2.41. The molecular weight excluding hydrogens is 236 g/mol. The Hall–Kier alpha value is -0.900. The zero-order valence-electron chi connectivity index (χ0n) is 12.3. The minimum absolute atomic E-state index is 0.115. The van der Waals surface area contributed by atoms with Gasteiger partial charge in [-0.25, -0.2) is 0 Å². The Bertz CT molecular complexity index is 407. The van der Waals surface area contributed by atoms with Gasteiger partial charge in [-0.2, -0.15) is 0 Å². The second kappa shape index (κ2) is 6.51. The molecule has 0 fully saturated rings. The van der Waals surface area contributed by atoms with Crippen molar-refractivity contribution in [1.82, 2.24) is 4.90 Å². The molecule has 0 amide bonds. The van der Waals surface area contributed by atoms with E-state index in [0.29, 0.717) is 12.0 Å². The number of fused-ring (bicyclic) bond motifs is 1. The number of hydrogen-bond acceptors (Lipinski definition) is 3. The van der Waals surface area contributed by atoms with Crippen LogP contribution in [0.2, 0.25) is 0 Å². The van der Waals surface area contributed by atoms with Crippen molar-refractivity contribution >= 4 is 0 Å². The van der Waals surface area contributed by atoms with Crippen LogP contribution in [-0.2, 0) is 4.74 Å². The molecule has 1 aromatic carbocycles. The summed E-state index contributed by atoms with van der Waals surface area (Å²) in [5.74, 6) is 0.581. The predicted molar refractivity (Wildman–Crippen MR) is 79.3 cm³/mol. The van der Waals surface area contributed by atoms with Crippen LogP contribution >= 0.6 is 0 Å². The van der Waals surface area contributed by atoms with Crippen LogP contribution in [0.5, 0.6) is 0 Å². The third-order valence-electron chi connectivity index (χ3n) is 4.35. The number of nitrogens with zero attached hydrogens (tertiary/aromatic N) is 1. The molecule has 0 bridgehead atoms. The summed E-state index contributed by atoms with van der Waals surface area (Å²) >= 11 is 0. The van der Waals surface area contributed by atoms with Gasteiger partial charge in [-0.1, -0.05) is 38.1 Å². The summed E-state index contributed by atoms with van der Waals surface area (Å²) in [5, 5.41) is 0. The molecule has 3 heteroatoms. The second-order valence-corrected chi connectivity index (χ2v) is 5.48. The topological polar surface area (TPSA) is 38.5 Å². The zero-order chi connectivity index (χ0) is 13.8. The van der Waals surface area contributed by atoms with Crippen molar-refractivity contribution in [3.63, 3.8) is 0 Å². The van der Waals surface area contributed by atoms with Gasteiger partial charge in [0.05, 0.1) is 6.61 Å². The molecule has 3 atom stereocenters. The maximum Gasteiger partial charge on any atom is 0.0589 e. The van der Waals surface area contributed by atoms with Crippen LogP contribution in [0, 0.1) is 0 Å². The Kier molecular flexibility index (Phi) is 4.97. The summed E-state index contributed by atoms with van der Waals surface area (Å²) < 4.78 is 5.21. The number of rotatable bonds is 5. The fourth-order valence-corrected chi connectivity index (χ4v) is 3.25. The lowest BCUT2D eigenvalue weighted by molar-refractivity contribution is 0.102. The quantitative estimate of drug-likeness (QED) is 0.886. The van der Waals surface area contributed by atoms with Gasteiger partial charge in [0, 0.05) is 25.7 Å². The number of benzene rings is 1. The van der Waals surface area contributed by atoms with Gasteiger partial charge in [-0.3, -0.25) is 4.90 Å². The second-order valence-electron chi connectivity index (χ2n) is 5.48. The first-order valence-electron chi connectivity index (χ1n) is 7.26. The fraction of sp³-hybridized carbons (Fsp3) is 0.625. The molecule has 106 valence electrons. The van der Waals surface area contributed by atoms with Crippen molar-refractivity contribution in [3.8, 4) is 0 Å². The number of likely N-dealkylation sites (N-methyl/N-ethyl adjacent to an activating group) is 1. The first-order valence-corrected chi connectivity index (χ1v) is 7.26. The van der Waals surface area contributed by atoms with E-state index < -0.39 is 0 Å². The molecule has 3 unspecified atom stereocenters. The summed E-state index contributed by atoms with van der Waals surface area (Å²) in [7, 11) is 1.76. The average Bonchev–Trinajstić information content (AvgIpc) is 2.44. The molecule has 0 saturated carbocycles. The van der Waals surface area contributed by atoms with E-state index in [1.165, 1.54) is 11.1 Å². The van der Waals surface area contributed by atoms with E-state index in [1.807, 2.05) is 0 Å². The van der Waals surface area contributed by atoms with E-state index in [0.717, 1.165) is 26.1 Å². The Morgan fingerprint density at radius 2 is 2.00 bits per heavy atom. The van der Waals surface area contributed by atoms with Gasteiger partial charge in [0.15, 0.2) is 0 Å². The van der Waals surface area contributed by atoms with Gasteiger partial charge >= 0.3 is 0 Å². The largest absolute Gasteiger partial charge is 0.383 e. The molecule has 2 N–H and O–H groups in total. The van der Waals surface area contributed by atoms with Crippen LogP contribution in [0.1, 0.15) is 43.4 Å². The molecule has 1 aliphatic carbocycles.